The number of esters is 1. The molecule has 28 heavy (non-hydrogen) atoms. The Kier molecular flexibility index (Phi) is 7.78. The smallest absolute Gasteiger partial charge is 0.337 e. The molecule has 1 saturated heterocycles. The number of methoxy groups -OCH3 is 1. The van der Waals surface area contributed by atoms with Gasteiger partial charge in [0.15, 0.2) is 0 Å². The Morgan fingerprint density at radius 2 is 1.68 bits per heavy atom. The molecule has 0 saturated carbocycles. The topological polar surface area (TPSA) is 61.9 Å². The number of anilines is 1. The number of benzene rings is 2. The first-order chi connectivity index (χ1) is 13.1. The Bertz CT molecular complexity index is 793. The summed E-state index contributed by atoms with van der Waals surface area (Å²) in [7, 11) is 1.33. The lowest BCUT2D eigenvalue weighted by Gasteiger charge is -2.33. The van der Waals surface area contributed by atoms with Gasteiger partial charge in [-0.2, -0.15) is 0 Å². The number of piperazine rings is 1. The molecule has 0 atom stereocenters. The number of halogens is 2. The summed E-state index contributed by atoms with van der Waals surface area (Å²) < 4.78 is 18.0. The van der Waals surface area contributed by atoms with E-state index in [9.17, 15) is 14.0 Å². The molecule has 8 heteroatoms. The lowest BCUT2D eigenvalue weighted by atomic mass is 10.1. The highest BCUT2D eigenvalue weighted by Gasteiger charge is 2.24. The highest BCUT2D eigenvalue weighted by molar-refractivity contribution is 5.92. The minimum atomic E-state index is -0.408. The normalized spacial score (nSPS) is 13.4. The van der Waals surface area contributed by atoms with E-state index in [0.717, 1.165) is 18.7 Å². The fourth-order valence-electron chi connectivity index (χ4n) is 2.96. The summed E-state index contributed by atoms with van der Waals surface area (Å²) in [6.07, 6.45) is 0. The van der Waals surface area contributed by atoms with Crippen molar-refractivity contribution in [1.29, 1.82) is 0 Å². The minimum Gasteiger partial charge on any atom is -0.465 e. The molecule has 6 nitrogen and oxygen atoms in total. The van der Waals surface area contributed by atoms with Gasteiger partial charge in [0.25, 0.3) is 0 Å². The molecule has 0 unspecified atom stereocenters. The molecule has 2 aromatic carbocycles. The number of rotatable bonds is 4. The first-order valence-corrected chi connectivity index (χ1v) is 8.78. The van der Waals surface area contributed by atoms with Gasteiger partial charge >= 0.3 is 12.0 Å². The van der Waals surface area contributed by atoms with Crippen LogP contribution in [0.2, 0.25) is 0 Å². The number of nitrogens with one attached hydrogen (secondary N) is 1. The Morgan fingerprint density at radius 3 is 2.25 bits per heavy atom. The maximum Gasteiger partial charge on any atom is 0.337 e. The lowest BCUT2D eigenvalue weighted by molar-refractivity contribution is 0.0600. The molecule has 0 radical (unpaired) electrons. The minimum absolute atomic E-state index is 0. The van der Waals surface area contributed by atoms with Crippen LogP contribution in [-0.4, -0.2) is 50.2 Å². The largest absolute Gasteiger partial charge is 0.465 e. The van der Waals surface area contributed by atoms with Gasteiger partial charge in [-0.05, 0) is 42.0 Å². The van der Waals surface area contributed by atoms with E-state index in [0.29, 0.717) is 30.9 Å². The molecule has 0 spiro atoms. The molecule has 0 aromatic heterocycles. The molecule has 1 fully saturated rings. The van der Waals surface area contributed by atoms with Crippen LogP contribution >= 0.6 is 12.4 Å². The summed E-state index contributed by atoms with van der Waals surface area (Å²) >= 11 is 0. The highest BCUT2D eigenvalue weighted by atomic mass is 35.5. The first kappa shape index (κ1) is 21.7. The van der Waals surface area contributed by atoms with Crippen molar-refractivity contribution in [1.82, 2.24) is 10.2 Å². The molecule has 150 valence electrons. The summed E-state index contributed by atoms with van der Waals surface area (Å²) in [4.78, 5) is 28.0. The summed E-state index contributed by atoms with van der Waals surface area (Å²) in [6.45, 7) is 3.05. The third-order valence-electron chi connectivity index (χ3n) is 4.47. The number of hydrogen-bond acceptors (Lipinski definition) is 4. The zero-order valence-electron chi connectivity index (χ0n) is 15.6. The average molecular weight is 408 g/mol. The van der Waals surface area contributed by atoms with Crippen molar-refractivity contribution in [2.45, 2.75) is 6.54 Å². The fraction of sp³-hybridized carbons (Fsp3) is 0.300. The molecule has 0 aliphatic carbocycles. The van der Waals surface area contributed by atoms with E-state index in [4.69, 9.17) is 4.74 Å². The van der Waals surface area contributed by atoms with Crippen LogP contribution in [0.15, 0.2) is 48.5 Å². The van der Waals surface area contributed by atoms with Crippen LogP contribution in [0.5, 0.6) is 0 Å². The van der Waals surface area contributed by atoms with Crippen LogP contribution in [-0.2, 0) is 11.3 Å². The van der Waals surface area contributed by atoms with Crippen molar-refractivity contribution < 1.29 is 18.7 Å². The van der Waals surface area contributed by atoms with Crippen molar-refractivity contribution in [2.24, 2.45) is 0 Å². The SMILES string of the molecule is COC(=O)c1ccc(CN(C(=O)N2CCNCC2)c2ccc(F)cc2)cc1.Cl. The quantitative estimate of drug-likeness (QED) is 0.791. The van der Waals surface area contributed by atoms with E-state index in [2.05, 4.69) is 5.32 Å². The van der Waals surface area contributed by atoms with Crippen molar-refractivity contribution in [2.75, 3.05) is 38.2 Å². The molecule has 3 rings (SSSR count). The maximum atomic E-state index is 13.3. The van der Waals surface area contributed by atoms with Gasteiger partial charge in [0, 0.05) is 31.9 Å². The number of amides is 2. The Morgan fingerprint density at radius 1 is 1.07 bits per heavy atom. The van der Waals surface area contributed by atoms with Gasteiger partial charge in [-0.1, -0.05) is 12.1 Å². The number of carbonyl (C=O) groups excluding carboxylic acids is 2. The number of carbonyl (C=O) groups is 2. The monoisotopic (exact) mass is 407 g/mol. The molecule has 1 N–H and O–H groups in total. The molecule has 1 heterocycles. The zero-order valence-corrected chi connectivity index (χ0v) is 16.4. The summed E-state index contributed by atoms with van der Waals surface area (Å²) in [5, 5.41) is 3.22. The van der Waals surface area contributed by atoms with Gasteiger partial charge in [-0.15, -0.1) is 12.4 Å². The van der Waals surface area contributed by atoms with Crippen LogP contribution in [0.1, 0.15) is 15.9 Å². The highest BCUT2D eigenvalue weighted by Crippen LogP contribution is 2.20. The van der Waals surface area contributed by atoms with E-state index < -0.39 is 5.97 Å². The number of ether oxygens (including phenoxy) is 1. The summed E-state index contributed by atoms with van der Waals surface area (Å²) in [6, 6.07) is 12.7. The van der Waals surface area contributed by atoms with Gasteiger partial charge in [-0.25, -0.2) is 14.0 Å². The Balaban J connectivity index is 0.00000280. The number of hydrogen-bond donors (Lipinski definition) is 1. The van der Waals surface area contributed by atoms with Crippen molar-refractivity contribution in [3.8, 4) is 0 Å². The van der Waals surface area contributed by atoms with E-state index in [1.807, 2.05) is 0 Å². The van der Waals surface area contributed by atoms with Gasteiger partial charge in [0.1, 0.15) is 5.82 Å². The third kappa shape index (κ3) is 5.21. The maximum absolute atomic E-state index is 13.3. The van der Waals surface area contributed by atoms with E-state index in [1.165, 1.54) is 19.2 Å². The Hall–Kier alpha value is -2.64. The molecular weight excluding hydrogens is 385 g/mol. The number of urea groups is 1. The molecular formula is C20H23ClFN3O3. The number of nitrogens with zero attached hydrogens (tertiary/aromatic N) is 2. The first-order valence-electron chi connectivity index (χ1n) is 8.78. The lowest BCUT2D eigenvalue weighted by Crippen LogP contribution is -2.51. The molecule has 1 aliphatic rings. The van der Waals surface area contributed by atoms with Crippen LogP contribution in [0.3, 0.4) is 0 Å². The van der Waals surface area contributed by atoms with Gasteiger partial charge in [0.05, 0.1) is 19.2 Å². The van der Waals surface area contributed by atoms with Crippen molar-refractivity contribution >= 4 is 30.1 Å². The molecule has 1 aliphatic heterocycles. The second kappa shape index (κ2) is 10.1. The summed E-state index contributed by atoms with van der Waals surface area (Å²) in [5.41, 5.74) is 1.93. The van der Waals surface area contributed by atoms with Crippen molar-refractivity contribution in [3.05, 3.63) is 65.5 Å². The predicted octanol–water partition coefficient (Wildman–Crippen LogP) is 3.07. The third-order valence-corrected chi connectivity index (χ3v) is 4.47. The zero-order chi connectivity index (χ0) is 19.2. The summed E-state index contributed by atoms with van der Waals surface area (Å²) in [5.74, 6) is -0.760. The van der Waals surface area contributed by atoms with Crippen LogP contribution in [0, 0.1) is 5.82 Å². The van der Waals surface area contributed by atoms with Gasteiger partial charge < -0.3 is 15.0 Å². The fourth-order valence-corrected chi connectivity index (χ4v) is 2.96. The second-order valence-electron chi connectivity index (χ2n) is 6.27. The Labute approximate surface area is 169 Å². The van der Waals surface area contributed by atoms with E-state index >= 15 is 0 Å². The van der Waals surface area contributed by atoms with Crippen LogP contribution in [0.25, 0.3) is 0 Å². The van der Waals surface area contributed by atoms with Crippen LogP contribution < -0.4 is 10.2 Å². The van der Waals surface area contributed by atoms with Crippen LogP contribution in [0.4, 0.5) is 14.9 Å². The molecule has 2 aromatic rings. The molecule has 2 amide bonds. The second-order valence-corrected chi connectivity index (χ2v) is 6.27. The van der Waals surface area contributed by atoms with Gasteiger partial charge in [0.2, 0.25) is 0 Å². The van der Waals surface area contributed by atoms with E-state index in [-0.39, 0.29) is 24.3 Å². The average Bonchev–Trinajstić information content (AvgIpc) is 2.73. The predicted molar refractivity (Wildman–Crippen MR) is 107 cm³/mol. The van der Waals surface area contributed by atoms with Crippen molar-refractivity contribution in [3.63, 3.8) is 0 Å². The molecule has 0 bridgehead atoms. The standard InChI is InChI=1S/C20H22FN3O3.ClH/c1-27-19(25)16-4-2-15(3-5-16)14-24(18-8-6-17(21)7-9-18)20(26)23-12-10-22-11-13-23;/h2-9,22H,10-14H2,1H3;1H. The van der Waals surface area contributed by atoms with E-state index in [1.54, 1.807) is 46.2 Å². The van der Waals surface area contributed by atoms with Gasteiger partial charge in [-0.3, -0.25) is 4.90 Å².